The Morgan fingerprint density at radius 1 is 1.64 bits per heavy atom. The molecule has 2 rings (SSSR count). The third kappa shape index (κ3) is 1.56. The highest BCUT2D eigenvalue weighted by molar-refractivity contribution is 5.88. The smallest absolute Gasteiger partial charge is 0.221 e. The zero-order valence-corrected chi connectivity index (χ0v) is 7.78. The van der Waals surface area contributed by atoms with E-state index in [0.717, 1.165) is 5.56 Å². The average Bonchev–Trinajstić information content (AvgIpc) is 2.47. The van der Waals surface area contributed by atoms with Gasteiger partial charge in [0.15, 0.2) is 0 Å². The van der Waals surface area contributed by atoms with Gasteiger partial charge in [-0.05, 0) is 18.2 Å². The Morgan fingerprint density at radius 2 is 2.43 bits per heavy atom. The molecule has 2 N–H and O–H groups in total. The van der Waals surface area contributed by atoms with Gasteiger partial charge in [-0.3, -0.25) is 4.79 Å². The van der Waals surface area contributed by atoms with E-state index in [2.05, 4.69) is 5.32 Å². The van der Waals surface area contributed by atoms with Gasteiger partial charge >= 0.3 is 0 Å². The first-order valence-electron chi connectivity index (χ1n) is 4.39. The first-order valence-corrected chi connectivity index (χ1v) is 4.39. The lowest BCUT2D eigenvalue weighted by atomic mass is 10.1. The summed E-state index contributed by atoms with van der Waals surface area (Å²) >= 11 is 0. The molecule has 0 aliphatic carbocycles. The van der Waals surface area contributed by atoms with E-state index in [0.29, 0.717) is 18.0 Å². The Hall–Kier alpha value is -1.55. The molecule has 1 heterocycles. The number of amides is 1. The van der Waals surface area contributed by atoms with E-state index in [1.165, 1.54) is 6.92 Å². The summed E-state index contributed by atoms with van der Waals surface area (Å²) in [6, 6.07) is 5.23. The van der Waals surface area contributed by atoms with Crippen molar-refractivity contribution in [3.8, 4) is 5.75 Å². The second kappa shape index (κ2) is 3.31. The molecule has 1 aromatic carbocycles. The quantitative estimate of drug-likeness (QED) is 0.701. The molecule has 0 fully saturated rings. The van der Waals surface area contributed by atoms with Gasteiger partial charge in [-0.25, -0.2) is 0 Å². The van der Waals surface area contributed by atoms with Gasteiger partial charge in [0.25, 0.3) is 0 Å². The highest BCUT2D eigenvalue weighted by Crippen LogP contribution is 2.33. The van der Waals surface area contributed by atoms with Crippen LogP contribution in [0.25, 0.3) is 0 Å². The standard InChI is InChI=1S/C10H11NO3/c1-6(12)11-7-2-3-10-8(4-7)9(13)5-14-10/h2-4,9,13H,5H2,1H3,(H,11,12). The van der Waals surface area contributed by atoms with Gasteiger partial charge in [0.05, 0.1) is 0 Å². The van der Waals surface area contributed by atoms with Crippen molar-refractivity contribution in [3.05, 3.63) is 23.8 Å². The Kier molecular flexibility index (Phi) is 2.13. The maximum atomic E-state index is 10.8. The molecule has 74 valence electrons. The summed E-state index contributed by atoms with van der Waals surface area (Å²) in [6.07, 6.45) is -0.585. The van der Waals surface area contributed by atoms with Crippen LogP contribution in [0.4, 0.5) is 5.69 Å². The molecule has 0 bridgehead atoms. The van der Waals surface area contributed by atoms with Crippen molar-refractivity contribution in [2.24, 2.45) is 0 Å². The molecule has 0 aromatic heterocycles. The number of fused-ring (bicyclic) bond motifs is 1. The van der Waals surface area contributed by atoms with Gasteiger partial charge in [-0.2, -0.15) is 0 Å². The van der Waals surface area contributed by atoms with E-state index in [4.69, 9.17) is 4.74 Å². The molecule has 1 atom stereocenters. The van der Waals surface area contributed by atoms with Crippen LogP contribution in [-0.4, -0.2) is 17.6 Å². The fourth-order valence-electron chi connectivity index (χ4n) is 1.48. The number of hydrogen-bond acceptors (Lipinski definition) is 3. The molecule has 4 nitrogen and oxygen atoms in total. The van der Waals surface area contributed by atoms with Gasteiger partial charge in [0.1, 0.15) is 18.5 Å². The molecule has 4 heteroatoms. The van der Waals surface area contributed by atoms with Crippen molar-refractivity contribution >= 4 is 11.6 Å². The van der Waals surface area contributed by atoms with Crippen molar-refractivity contribution in [1.82, 2.24) is 0 Å². The number of ether oxygens (including phenoxy) is 1. The minimum Gasteiger partial charge on any atom is -0.490 e. The maximum absolute atomic E-state index is 10.8. The van der Waals surface area contributed by atoms with Crippen LogP contribution in [0.15, 0.2) is 18.2 Å². The predicted octanol–water partition coefficient (Wildman–Crippen LogP) is 1.07. The number of carbonyl (C=O) groups excluding carboxylic acids is 1. The third-order valence-electron chi connectivity index (χ3n) is 2.09. The van der Waals surface area contributed by atoms with E-state index in [1.807, 2.05) is 0 Å². The fourth-order valence-corrected chi connectivity index (χ4v) is 1.48. The summed E-state index contributed by atoms with van der Waals surface area (Å²) in [5.41, 5.74) is 1.41. The number of anilines is 1. The SMILES string of the molecule is CC(=O)Nc1ccc2c(c1)C(O)CO2. The molecule has 14 heavy (non-hydrogen) atoms. The van der Waals surface area contributed by atoms with E-state index in [1.54, 1.807) is 18.2 Å². The second-order valence-electron chi connectivity index (χ2n) is 3.26. The van der Waals surface area contributed by atoms with Gasteiger partial charge in [-0.15, -0.1) is 0 Å². The van der Waals surface area contributed by atoms with Crippen molar-refractivity contribution in [2.45, 2.75) is 13.0 Å². The van der Waals surface area contributed by atoms with Crippen LogP contribution in [0.2, 0.25) is 0 Å². The molecule has 0 saturated heterocycles. The van der Waals surface area contributed by atoms with Gasteiger partial charge in [-0.1, -0.05) is 0 Å². The number of benzene rings is 1. The molecule has 1 aliphatic rings. The predicted molar refractivity (Wildman–Crippen MR) is 51.2 cm³/mol. The largest absolute Gasteiger partial charge is 0.490 e. The van der Waals surface area contributed by atoms with Crippen molar-refractivity contribution in [3.63, 3.8) is 0 Å². The molecule has 0 spiro atoms. The first kappa shape index (κ1) is 9.02. The van der Waals surface area contributed by atoms with Crippen LogP contribution in [0, 0.1) is 0 Å². The normalized spacial score (nSPS) is 18.6. The van der Waals surface area contributed by atoms with Crippen LogP contribution in [0.3, 0.4) is 0 Å². The topological polar surface area (TPSA) is 58.6 Å². The Bertz CT molecular complexity index is 376. The van der Waals surface area contributed by atoms with E-state index in [-0.39, 0.29) is 5.91 Å². The Balaban J connectivity index is 2.30. The first-order chi connectivity index (χ1) is 6.66. The Morgan fingerprint density at radius 3 is 3.14 bits per heavy atom. The van der Waals surface area contributed by atoms with Crippen LogP contribution >= 0.6 is 0 Å². The number of carbonyl (C=O) groups is 1. The van der Waals surface area contributed by atoms with E-state index >= 15 is 0 Å². The maximum Gasteiger partial charge on any atom is 0.221 e. The molecule has 1 unspecified atom stereocenters. The molecular formula is C10H11NO3. The van der Waals surface area contributed by atoms with E-state index in [9.17, 15) is 9.90 Å². The monoisotopic (exact) mass is 193 g/mol. The van der Waals surface area contributed by atoms with Crippen LogP contribution < -0.4 is 10.1 Å². The number of rotatable bonds is 1. The summed E-state index contributed by atoms with van der Waals surface area (Å²) in [7, 11) is 0. The average molecular weight is 193 g/mol. The number of aliphatic hydroxyl groups is 1. The zero-order chi connectivity index (χ0) is 10.1. The van der Waals surface area contributed by atoms with Crippen LogP contribution in [0.1, 0.15) is 18.6 Å². The number of hydrogen-bond donors (Lipinski definition) is 2. The van der Waals surface area contributed by atoms with Crippen molar-refractivity contribution < 1.29 is 14.6 Å². The zero-order valence-electron chi connectivity index (χ0n) is 7.78. The van der Waals surface area contributed by atoms with Crippen molar-refractivity contribution in [1.29, 1.82) is 0 Å². The molecule has 1 aromatic rings. The summed E-state index contributed by atoms with van der Waals surface area (Å²) < 4.78 is 5.21. The second-order valence-corrected chi connectivity index (χ2v) is 3.26. The summed E-state index contributed by atoms with van der Waals surface area (Å²) in [5, 5.41) is 12.2. The molecule has 0 radical (unpaired) electrons. The Labute approximate surface area is 81.5 Å². The number of aliphatic hydroxyl groups excluding tert-OH is 1. The highest BCUT2D eigenvalue weighted by Gasteiger charge is 2.21. The summed E-state index contributed by atoms with van der Waals surface area (Å²) in [5.74, 6) is 0.560. The van der Waals surface area contributed by atoms with Gasteiger partial charge in [0, 0.05) is 18.2 Å². The minimum atomic E-state index is -0.585. The summed E-state index contributed by atoms with van der Waals surface area (Å²) in [4.78, 5) is 10.8. The van der Waals surface area contributed by atoms with E-state index < -0.39 is 6.10 Å². The molecule has 1 aliphatic heterocycles. The molecule has 0 saturated carbocycles. The lowest BCUT2D eigenvalue weighted by Crippen LogP contribution is -2.06. The van der Waals surface area contributed by atoms with Gasteiger partial charge < -0.3 is 15.2 Å². The number of nitrogens with one attached hydrogen (secondary N) is 1. The fraction of sp³-hybridized carbons (Fsp3) is 0.300. The van der Waals surface area contributed by atoms with Crippen LogP contribution in [-0.2, 0) is 4.79 Å². The third-order valence-corrected chi connectivity index (χ3v) is 2.09. The lowest BCUT2D eigenvalue weighted by Gasteiger charge is -2.05. The molecule has 1 amide bonds. The van der Waals surface area contributed by atoms with Gasteiger partial charge in [0.2, 0.25) is 5.91 Å². The summed E-state index contributed by atoms with van der Waals surface area (Å²) in [6.45, 7) is 1.74. The minimum absolute atomic E-state index is 0.127. The highest BCUT2D eigenvalue weighted by atomic mass is 16.5. The molecular weight excluding hydrogens is 182 g/mol. The van der Waals surface area contributed by atoms with Crippen molar-refractivity contribution in [2.75, 3.05) is 11.9 Å². The lowest BCUT2D eigenvalue weighted by molar-refractivity contribution is -0.114. The van der Waals surface area contributed by atoms with Crippen LogP contribution in [0.5, 0.6) is 5.75 Å².